The minimum Gasteiger partial charge on any atom is -0.492 e. The highest BCUT2D eigenvalue weighted by molar-refractivity contribution is 9.10. The van der Waals surface area contributed by atoms with Gasteiger partial charge in [0.05, 0.1) is 27.9 Å². The quantitative estimate of drug-likeness (QED) is 0.444. The molecule has 0 bridgehead atoms. The van der Waals surface area contributed by atoms with E-state index in [2.05, 4.69) is 21.2 Å². The van der Waals surface area contributed by atoms with Crippen LogP contribution in [-0.2, 0) is 6.42 Å². The fraction of sp³-hybridized carbons (Fsp3) is 0.0952. The standard InChI is InChI=1S/C21H16BrCl2NO2/c22-15-9-10-19(27-12-11-14-5-2-1-3-6-14)16(13-15)21(26)25-18-8-4-7-17(23)20(18)24/h1-10,13H,11-12H2,(H,25,26). The van der Waals surface area contributed by atoms with Crippen LogP contribution in [0.2, 0.25) is 10.0 Å². The Balaban J connectivity index is 1.75. The van der Waals surface area contributed by atoms with Crippen molar-refractivity contribution in [1.82, 2.24) is 0 Å². The van der Waals surface area contributed by atoms with Crippen LogP contribution in [0, 0.1) is 0 Å². The van der Waals surface area contributed by atoms with E-state index in [-0.39, 0.29) is 5.91 Å². The SMILES string of the molecule is O=C(Nc1cccc(Cl)c1Cl)c1cc(Br)ccc1OCCc1ccccc1. The second kappa shape index (κ2) is 9.27. The molecule has 0 unspecified atom stereocenters. The first-order chi connectivity index (χ1) is 13.0. The van der Waals surface area contributed by atoms with Gasteiger partial charge in [-0.3, -0.25) is 4.79 Å². The summed E-state index contributed by atoms with van der Waals surface area (Å²) >= 11 is 15.6. The maximum Gasteiger partial charge on any atom is 0.259 e. The van der Waals surface area contributed by atoms with Gasteiger partial charge < -0.3 is 10.1 Å². The lowest BCUT2D eigenvalue weighted by atomic mass is 10.1. The maximum absolute atomic E-state index is 12.8. The third-order valence-electron chi connectivity index (χ3n) is 3.88. The Hall–Kier alpha value is -2.01. The Labute approximate surface area is 176 Å². The molecule has 0 heterocycles. The number of halogens is 3. The zero-order chi connectivity index (χ0) is 19.2. The third-order valence-corrected chi connectivity index (χ3v) is 5.19. The molecule has 0 aliphatic carbocycles. The van der Waals surface area contributed by atoms with Crippen molar-refractivity contribution < 1.29 is 9.53 Å². The van der Waals surface area contributed by atoms with Crippen molar-refractivity contribution in [3.63, 3.8) is 0 Å². The zero-order valence-corrected chi connectivity index (χ0v) is 17.3. The average molecular weight is 465 g/mol. The van der Waals surface area contributed by atoms with E-state index in [1.165, 1.54) is 5.56 Å². The summed E-state index contributed by atoms with van der Waals surface area (Å²) in [6.07, 6.45) is 0.748. The van der Waals surface area contributed by atoms with Crippen molar-refractivity contribution in [3.05, 3.63) is 92.4 Å². The Morgan fingerprint density at radius 3 is 2.56 bits per heavy atom. The van der Waals surface area contributed by atoms with E-state index >= 15 is 0 Å². The van der Waals surface area contributed by atoms with Crippen LogP contribution in [0.5, 0.6) is 5.75 Å². The van der Waals surface area contributed by atoms with E-state index in [4.69, 9.17) is 27.9 Å². The first-order valence-corrected chi connectivity index (χ1v) is 9.81. The molecule has 0 radical (unpaired) electrons. The molecule has 0 saturated carbocycles. The van der Waals surface area contributed by atoms with Gasteiger partial charge in [-0.05, 0) is 35.9 Å². The third kappa shape index (κ3) is 5.25. The second-order valence-corrected chi connectivity index (χ2v) is 7.48. The highest BCUT2D eigenvalue weighted by Gasteiger charge is 2.16. The lowest BCUT2D eigenvalue weighted by molar-refractivity contribution is 0.102. The Morgan fingerprint density at radius 2 is 1.78 bits per heavy atom. The van der Waals surface area contributed by atoms with Gasteiger partial charge in [0.25, 0.3) is 5.91 Å². The van der Waals surface area contributed by atoms with Crippen molar-refractivity contribution >= 4 is 50.7 Å². The second-order valence-electron chi connectivity index (χ2n) is 5.78. The van der Waals surface area contributed by atoms with Crippen LogP contribution in [0.4, 0.5) is 5.69 Å². The molecular formula is C21H16BrCl2NO2. The van der Waals surface area contributed by atoms with E-state index in [9.17, 15) is 4.79 Å². The number of ether oxygens (including phenoxy) is 1. The van der Waals surface area contributed by atoms with Crippen LogP contribution in [0.25, 0.3) is 0 Å². The van der Waals surface area contributed by atoms with Gasteiger partial charge in [-0.1, -0.05) is 75.5 Å². The molecule has 3 aromatic carbocycles. The van der Waals surface area contributed by atoms with Gasteiger partial charge in [0, 0.05) is 10.9 Å². The first-order valence-electron chi connectivity index (χ1n) is 8.26. The van der Waals surface area contributed by atoms with Crippen LogP contribution in [-0.4, -0.2) is 12.5 Å². The van der Waals surface area contributed by atoms with Gasteiger partial charge in [0.15, 0.2) is 0 Å². The summed E-state index contributed by atoms with van der Waals surface area (Å²) in [5.41, 5.74) is 2.03. The lowest BCUT2D eigenvalue weighted by Crippen LogP contribution is -2.15. The number of benzene rings is 3. The monoisotopic (exact) mass is 463 g/mol. The van der Waals surface area contributed by atoms with E-state index in [1.807, 2.05) is 36.4 Å². The number of nitrogens with one attached hydrogen (secondary N) is 1. The summed E-state index contributed by atoms with van der Waals surface area (Å²) in [6, 6.07) is 20.4. The molecule has 1 amide bonds. The van der Waals surface area contributed by atoms with Crippen molar-refractivity contribution in [2.75, 3.05) is 11.9 Å². The fourth-order valence-electron chi connectivity index (χ4n) is 2.52. The molecular weight excluding hydrogens is 449 g/mol. The van der Waals surface area contributed by atoms with E-state index in [0.29, 0.717) is 33.7 Å². The summed E-state index contributed by atoms with van der Waals surface area (Å²) in [4.78, 5) is 12.8. The zero-order valence-electron chi connectivity index (χ0n) is 14.2. The van der Waals surface area contributed by atoms with Gasteiger partial charge in [-0.2, -0.15) is 0 Å². The summed E-state index contributed by atoms with van der Waals surface area (Å²) < 4.78 is 6.65. The molecule has 3 rings (SSSR count). The highest BCUT2D eigenvalue weighted by atomic mass is 79.9. The fourth-order valence-corrected chi connectivity index (χ4v) is 3.23. The number of carbonyl (C=O) groups is 1. The minimum absolute atomic E-state index is 0.300. The van der Waals surface area contributed by atoms with Crippen molar-refractivity contribution in [1.29, 1.82) is 0 Å². The number of hydrogen-bond acceptors (Lipinski definition) is 2. The normalized spacial score (nSPS) is 10.5. The highest BCUT2D eigenvalue weighted by Crippen LogP contribution is 2.31. The molecule has 27 heavy (non-hydrogen) atoms. The molecule has 0 aliphatic heterocycles. The summed E-state index contributed by atoms with van der Waals surface area (Å²) in [5.74, 6) is 0.181. The van der Waals surface area contributed by atoms with Gasteiger partial charge >= 0.3 is 0 Å². The van der Waals surface area contributed by atoms with Gasteiger partial charge in [-0.15, -0.1) is 0 Å². The van der Waals surface area contributed by atoms with Crippen LogP contribution >= 0.6 is 39.1 Å². The van der Waals surface area contributed by atoms with Crippen molar-refractivity contribution in [3.8, 4) is 5.75 Å². The number of anilines is 1. The minimum atomic E-state index is -0.324. The van der Waals surface area contributed by atoms with Crippen molar-refractivity contribution in [2.45, 2.75) is 6.42 Å². The van der Waals surface area contributed by atoms with Crippen molar-refractivity contribution in [2.24, 2.45) is 0 Å². The number of carbonyl (C=O) groups excluding carboxylic acids is 1. The summed E-state index contributed by atoms with van der Waals surface area (Å²) in [7, 11) is 0. The number of hydrogen-bond donors (Lipinski definition) is 1. The number of rotatable bonds is 6. The maximum atomic E-state index is 12.8. The van der Waals surface area contributed by atoms with E-state index in [0.717, 1.165) is 10.9 Å². The molecule has 3 aromatic rings. The largest absolute Gasteiger partial charge is 0.492 e. The first kappa shape index (κ1) is 19.7. The number of amides is 1. The molecule has 0 fully saturated rings. The van der Waals surface area contributed by atoms with Gasteiger partial charge in [-0.25, -0.2) is 0 Å². The molecule has 0 saturated heterocycles. The van der Waals surface area contributed by atoms with Crippen LogP contribution in [0.3, 0.4) is 0 Å². The smallest absolute Gasteiger partial charge is 0.259 e. The van der Waals surface area contributed by atoms with E-state index < -0.39 is 0 Å². The van der Waals surface area contributed by atoms with Crippen LogP contribution < -0.4 is 10.1 Å². The summed E-state index contributed by atoms with van der Waals surface area (Å²) in [6.45, 7) is 0.462. The Bertz CT molecular complexity index is 948. The predicted octanol–water partition coefficient (Wildman–Crippen LogP) is 6.63. The molecule has 6 heteroatoms. The predicted molar refractivity (Wildman–Crippen MR) is 114 cm³/mol. The van der Waals surface area contributed by atoms with Gasteiger partial charge in [0.1, 0.15) is 5.75 Å². The molecule has 0 atom stereocenters. The van der Waals surface area contributed by atoms with E-state index in [1.54, 1.807) is 30.3 Å². The molecule has 0 spiro atoms. The average Bonchev–Trinajstić information content (AvgIpc) is 2.67. The topological polar surface area (TPSA) is 38.3 Å². The molecule has 138 valence electrons. The molecule has 3 nitrogen and oxygen atoms in total. The van der Waals surface area contributed by atoms with Crippen LogP contribution in [0.15, 0.2) is 71.2 Å². The summed E-state index contributed by atoms with van der Waals surface area (Å²) in [5, 5.41) is 3.46. The molecule has 0 aliphatic rings. The van der Waals surface area contributed by atoms with Gasteiger partial charge in [0.2, 0.25) is 0 Å². The molecule has 0 aromatic heterocycles. The Morgan fingerprint density at radius 1 is 1.00 bits per heavy atom. The van der Waals surface area contributed by atoms with Crippen LogP contribution in [0.1, 0.15) is 15.9 Å². The molecule has 1 N–H and O–H groups in total. The lowest BCUT2D eigenvalue weighted by Gasteiger charge is -2.13. The Kier molecular flexibility index (Phi) is 6.78.